The lowest BCUT2D eigenvalue weighted by Crippen LogP contribution is -2.51. The lowest BCUT2D eigenvalue weighted by molar-refractivity contribution is 0.101. The number of hydrogen-bond donors (Lipinski definition) is 2. The molecule has 1 aliphatic heterocycles. The van der Waals surface area contributed by atoms with E-state index in [0.29, 0.717) is 16.9 Å². The third-order valence-electron chi connectivity index (χ3n) is 4.23. The highest BCUT2D eigenvalue weighted by molar-refractivity contribution is 6.30. The van der Waals surface area contributed by atoms with Gasteiger partial charge >= 0.3 is 0 Å². The predicted octanol–water partition coefficient (Wildman–Crippen LogP) is 1.60. The van der Waals surface area contributed by atoms with Gasteiger partial charge in [-0.1, -0.05) is 18.5 Å². The zero-order valence-corrected chi connectivity index (χ0v) is 13.9. The van der Waals surface area contributed by atoms with Crippen molar-refractivity contribution in [2.75, 3.05) is 46.0 Å². The minimum Gasteiger partial charge on any atom is -0.383 e. The first-order chi connectivity index (χ1) is 10.0. The number of anilines is 1. The van der Waals surface area contributed by atoms with Crippen molar-refractivity contribution in [3.63, 3.8) is 0 Å². The molecular formula is C15H26ClN5. The fourth-order valence-electron chi connectivity index (χ4n) is 2.94. The summed E-state index contributed by atoms with van der Waals surface area (Å²) < 4.78 is 0. The fraction of sp³-hybridized carbons (Fsp3) is 0.667. The quantitative estimate of drug-likeness (QED) is 0.865. The zero-order valence-electron chi connectivity index (χ0n) is 13.1. The van der Waals surface area contributed by atoms with Gasteiger partial charge in [-0.15, -0.1) is 0 Å². The van der Waals surface area contributed by atoms with Crippen molar-refractivity contribution in [1.82, 2.24) is 20.1 Å². The highest BCUT2D eigenvalue weighted by atomic mass is 35.5. The van der Waals surface area contributed by atoms with E-state index in [-0.39, 0.29) is 6.04 Å². The smallest absolute Gasteiger partial charge is 0.128 e. The fourth-order valence-corrected chi connectivity index (χ4v) is 3.11. The molecule has 0 aliphatic carbocycles. The molecule has 3 N–H and O–H groups in total. The third kappa shape index (κ3) is 4.30. The molecule has 21 heavy (non-hydrogen) atoms. The number of nitrogens with zero attached hydrogens (tertiary/aromatic N) is 3. The van der Waals surface area contributed by atoms with Crippen LogP contribution in [0, 0.1) is 0 Å². The van der Waals surface area contributed by atoms with Crippen LogP contribution in [-0.4, -0.2) is 61.1 Å². The number of rotatable bonds is 5. The zero-order chi connectivity index (χ0) is 15.4. The molecule has 2 atom stereocenters. The molecule has 0 spiro atoms. The minimum absolute atomic E-state index is 0.181. The Morgan fingerprint density at radius 3 is 2.95 bits per heavy atom. The SMILES string of the molecule is CCNC(CC1CN(C)CCN1C)c1cc(Cl)cnc1N. The summed E-state index contributed by atoms with van der Waals surface area (Å²) in [5.41, 5.74) is 7.06. The van der Waals surface area contributed by atoms with Gasteiger partial charge < -0.3 is 20.9 Å². The van der Waals surface area contributed by atoms with E-state index in [1.165, 1.54) is 0 Å². The van der Waals surface area contributed by atoms with Gasteiger partial charge in [0.15, 0.2) is 0 Å². The van der Waals surface area contributed by atoms with Crippen LogP contribution in [0.3, 0.4) is 0 Å². The largest absolute Gasteiger partial charge is 0.383 e. The highest BCUT2D eigenvalue weighted by Crippen LogP contribution is 2.27. The molecule has 2 heterocycles. The van der Waals surface area contributed by atoms with Gasteiger partial charge in [-0.05, 0) is 33.1 Å². The number of halogens is 1. The van der Waals surface area contributed by atoms with Gasteiger partial charge in [0, 0.05) is 43.5 Å². The van der Waals surface area contributed by atoms with Gasteiger partial charge in [0.05, 0.1) is 5.02 Å². The molecule has 1 saturated heterocycles. The summed E-state index contributed by atoms with van der Waals surface area (Å²) in [4.78, 5) is 9.00. The molecule has 1 aliphatic rings. The van der Waals surface area contributed by atoms with Gasteiger partial charge in [0.25, 0.3) is 0 Å². The molecule has 6 heteroatoms. The number of aromatic nitrogens is 1. The Morgan fingerprint density at radius 2 is 2.24 bits per heavy atom. The Balaban J connectivity index is 2.16. The van der Waals surface area contributed by atoms with E-state index >= 15 is 0 Å². The summed E-state index contributed by atoms with van der Waals surface area (Å²) >= 11 is 6.09. The van der Waals surface area contributed by atoms with Gasteiger partial charge in [-0.3, -0.25) is 0 Å². The summed E-state index contributed by atoms with van der Waals surface area (Å²) in [7, 11) is 4.37. The molecule has 2 rings (SSSR count). The van der Waals surface area contributed by atoms with E-state index in [9.17, 15) is 0 Å². The van der Waals surface area contributed by atoms with Crippen LogP contribution >= 0.6 is 11.6 Å². The number of likely N-dealkylation sites (N-methyl/N-ethyl adjacent to an activating group) is 2. The highest BCUT2D eigenvalue weighted by Gasteiger charge is 2.26. The monoisotopic (exact) mass is 311 g/mol. The second-order valence-electron chi connectivity index (χ2n) is 5.87. The van der Waals surface area contributed by atoms with Crippen molar-refractivity contribution in [3.05, 3.63) is 22.8 Å². The topological polar surface area (TPSA) is 57.4 Å². The van der Waals surface area contributed by atoms with Crippen molar-refractivity contribution in [2.45, 2.75) is 25.4 Å². The number of nitrogen functional groups attached to an aromatic ring is 1. The average Bonchev–Trinajstić information content (AvgIpc) is 2.45. The van der Waals surface area contributed by atoms with Gasteiger partial charge in [-0.2, -0.15) is 0 Å². The maximum absolute atomic E-state index is 6.09. The van der Waals surface area contributed by atoms with Crippen molar-refractivity contribution >= 4 is 17.4 Å². The molecule has 2 unspecified atom stereocenters. The van der Waals surface area contributed by atoms with Crippen LogP contribution < -0.4 is 11.1 Å². The summed E-state index contributed by atoms with van der Waals surface area (Å²) in [5.74, 6) is 0.567. The van der Waals surface area contributed by atoms with Crippen LogP contribution in [0.5, 0.6) is 0 Å². The summed E-state index contributed by atoms with van der Waals surface area (Å²) in [6.07, 6.45) is 2.60. The van der Waals surface area contributed by atoms with Crippen LogP contribution in [0.2, 0.25) is 5.02 Å². The van der Waals surface area contributed by atoms with Crippen LogP contribution in [0.4, 0.5) is 5.82 Å². The maximum atomic E-state index is 6.09. The lowest BCUT2D eigenvalue weighted by Gasteiger charge is -2.39. The Bertz CT molecular complexity index is 467. The average molecular weight is 312 g/mol. The van der Waals surface area contributed by atoms with E-state index in [1.54, 1.807) is 6.20 Å². The maximum Gasteiger partial charge on any atom is 0.128 e. The molecule has 118 valence electrons. The van der Waals surface area contributed by atoms with Crippen LogP contribution in [0.25, 0.3) is 0 Å². The number of pyridine rings is 1. The minimum atomic E-state index is 0.181. The van der Waals surface area contributed by atoms with E-state index < -0.39 is 0 Å². The van der Waals surface area contributed by atoms with Crippen LogP contribution in [0.15, 0.2) is 12.3 Å². The number of nitrogens with two attached hydrogens (primary N) is 1. The second-order valence-corrected chi connectivity index (χ2v) is 6.31. The Kier molecular flexibility index (Phi) is 5.81. The molecule has 0 saturated carbocycles. The summed E-state index contributed by atoms with van der Waals surface area (Å²) in [5, 5.41) is 4.16. The number of hydrogen-bond acceptors (Lipinski definition) is 5. The Morgan fingerprint density at radius 1 is 1.48 bits per heavy atom. The third-order valence-corrected chi connectivity index (χ3v) is 4.44. The van der Waals surface area contributed by atoms with Gasteiger partial charge in [-0.25, -0.2) is 4.98 Å². The second kappa shape index (κ2) is 7.40. The standard InChI is InChI=1S/C15H26ClN5/c1-4-18-14(13-7-11(16)9-19-15(13)17)8-12-10-20(2)5-6-21(12)3/h7,9,12,14,18H,4-6,8,10H2,1-3H3,(H2,17,19). The van der Waals surface area contributed by atoms with Crippen molar-refractivity contribution in [1.29, 1.82) is 0 Å². The summed E-state index contributed by atoms with van der Waals surface area (Å²) in [6, 6.07) is 2.62. The molecular weight excluding hydrogens is 286 g/mol. The van der Waals surface area contributed by atoms with Crippen LogP contribution in [-0.2, 0) is 0 Å². The molecule has 0 amide bonds. The van der Waals surface area contributed by atoms with E-state index in [0.717, 1.165) is 38.2 Å². The molecule has 5 nitrogen and oxygen atoms in total. The number of nitrogens with one attached hydrogen (secondary N) is 1. The first-order valence-electron chi connectivity index (χ1n) is 7.54. The van der Waals surface area contributed by atoms with E-state index in [1.807, 2.05) is 6.07 Å². The van der Waals surface area contributed by atoms with Gasteiger partial charge in [0.2, 0.25) is 0 Å². The Hall–Kier alpha value is -0.880. The molecule has 1 aromatic heterocycles. The van der Waals surface area contributed by atoms with E-state index in [2.05, 4.69) is 41.1 Å². The van der Waals surface area contributed by atoms with E-state index in [4.69, 9.17) is 17.3 Å². The molecule has 0 bridgehead atoms. The molecule has 1 aromatic rings. The number of piperazine rings is 1. The molecule has 0 radical (unpaired) electrons. The predicted molar refractivity (Wildman–Crippen MR) is 88.6 cm³/mol. The summed E-state index contributed by atoms with van der Waals surface area (Å²) in [6.45, 7) is 6.30. The first-order valence-corrected chi connectivity index (χ1v) is 7.92. The normalized spacial score (nSPS) is 22.4. The van der Waals surface area contributed by atoms with Crippen molar-refractivity contribution in [3.8, 4) is 0 Å². The molecule has 0 aromatic carbocycles. The lowest BCUT2D eigenvalue weighted by atomic mass is 9.97. The molecule has 1 fully saturated rings. The first kappa shape index (κ1) is 16.5. The van der Waals surface area contributed by atoms with Crippen molar-refractivity contribution < 1.29 is 0 Å². The van der Waals surface area contributed by atoms with Crippen LogP contribution in [0.1, 0.15) is 24.9 Å². The van der Waals surface area contributed by atoms with Gasteiger partial charge in [0.1, 0.15) is 5.82 Å². The van der Waals surface area contributed by atoms with Crippen molar-refractivity contribution in [2.24, 2.45) is 0 Å². The Labute approximate surface area is 132 Å².